The number of hydrogen-bond acceptors (Lipinski definition) is 4. The van der Waals surface area contributed by atoms with Gasteiger partial charge < -0.3 is 5.32 Å². The lowest BCUT2D eigenvalue weighted by Crippen LogP contribution is -2.23. The van der Waals surface area contributed by atoms with Crippen molar-refractivity contribution >= 4 is 22.7 Å². The number of thiazole rings is 1. The smallest absolute Gasteiger partial charge is 0.127 e. The average Bonchev–Trinajstić information content (AvgIpc) is 3.16. The normalized spacial score (nSPS) is 12.5. The summed E-state index contributed by atoms with van der Waals surface area (Å²) in [5.41, 5.74) is 1.72. The van der Waals surface area contributed by atoms with Crippen LogP contribution in [0, 0.1) is 12.7 Å². The largest absolute Gasteiger partial charge is 0.303 e. The number of hydrogen-bond donors (Lipinski definition) is 1. The van der Waals surface area contributed by atoms with Gasteiger partial charge >= 0.3 is 0 Å². The molecule has 0 aliphatic carbocycles. The van der Waals surface area contributed by atoms with E-state index in [9.17, 15) is 4.39 Å². The van der Waals surface area contributed by atoms with E-state index in [1.807, 2.05) is 19.1 Å². The number of rotatable bonds is 6. The van der Waals surface area contributed by atoms with Crippen LogP contribution in [0.3, 0.4) is 0 Å². The Labute approximate surface area is 137 Å². The number of benzene rings is 1. The highest BCUT2D eigenvalue weighted by atomic mass is 32.1. The van der Waals surface area contributed by atoms with E-state index in [0.29, 0.717) is 12.1 Å². The molecule has 0 bridgehead atoms. The lowest BCUT2D eigenvalue weighted by atomic mass is 10.1. The second kappa shape index (κ2) is 7.13. The Morgan fingerprint density at radius 3 is 2.73 bits per heavy atom. The number of aryl methyl sites for hydroxylation is 1. The number of nitrogens with zero attached hydrogens (tertiary/aromatic N) is 1. The maximum atomic E-state index is 13.8. The van der Waals surface area contributed by atoms with Crippen LogP contribution in [0.1, 0.15) is 27.2 Å². The molecule has 2 nitrogen and oxygen atoms in total. The van der Waals surface area contributed by atoms with Crippen LogP contribution in [0.25, 0.3) is 0 Å². The fourth-order valence-corrected chi connectivity index (χ4v) is 3.91. The van der Waals surface area contributed by atoms with Gasteiger partial charge in [0.25, 0.3) is 0 Å². The van der Waals surface area contributed by atoms with Gasteiger partial charge in [-0.25, -0.2) is 9.37 Å². The third-order valence-electron chi connectivity index (χ3n) is 3.42. The highest BCUT2D eigenvalue weighted by Crippen LogP contribution is 2.24. The number of nitrogens with one attached hydrogen (secondary N) is 1. The Morgan fingerprint density at radius 2 is 2.05 bits per heavy atom. The quantitative estimate of drug-likeness (QED) is 0.706. The fraction of sp³-hybridized carbons (Fsp3) is 0.235. The second-order valence-corrected chi connectivity index (χ2v) is 7.06. The monoisotopic (exact) mass is 332 g/mol. The summed E-state index contributed by atoms with van der Waals surface area (Å²) >= 11 is 3.40. The van der Waals surface area contributed by atoms with E-state index in [2.05, 4.69) is 33.2 Å². The van der Waals surface area contributed by atoms with Crippen molar-refractivity contribution in [2.24, 2.45) is 0 Å². The topological polar surface area (TPSA) is 24.9 Å². The molecule has 0 aliphatic heterocycles. The van der Waals surface area contributed by atoms with Crippen molar-refractivity contribution in [1.82, 2.24) is 10.3 Å². The van der Waals surface area contributed by atoms with Crippen molar-refractivity contribution in [2.75, 3.05) is 0 Å². The van der Waals surface area contributed by atoms with Crippen LogP contribution in [0.4, 0.5) is 4.39 Å². The molecule has 22 heavy (non-hydrogen) atoms. The molecule has 2 heterocycles. The lowest BCUT2D eigenvalue weighted by molar-refractivity contribution is 0.513. The van der Waals surface area contributed by atoms with Gasteiger partial charge in [0, 0.05) is 34.5 Å². The predicted molar refractivity (Wildman–Crippen MR) is 90.9 cm³/mol. The first-order chi connectivity index (χ1) is 10.7. The highest BCUT2D eigenvalue weighted by Gasteiger charge is 2.16. The van der Waals surface area contributed by atoms with E-state index < -0.39 is 0 Å². The van der Waals surface area contributed by atoms with Gasteiger partial charge in [-0.1, -0.05) is 24.3 Å². The summed E-state index contributed by atoms with van der Waals surface area (Å²) in [6, 6.07) is 11.2. The van der Waals surface area contributed by atoms with Gasteiger partial charge in [-0.15, -0.1) is 22.7 Å². The van der Waals surface area contributed by atoms with Crippen LogP contribution in [0.5, 0.6) is 0 Å². The van der Waals surface area contributed by atoms with Gasteiger partial charge in [0.05, 0.1) is 6.04 Å². The highest BCUT2D eigenvalue weighted by molar-refractivity contribution is 7.10. The molecule has 3 rings (SSSR count). The van der Waals surface area contributed by atoms with E-state index in [1.165, 1.54) is 10.9 Å². The SMILES string of the molecule is Cc1csc([C@H](Cc2cccs2)NCc2ccccc2F)n1. The minimum atomic E-state index is -0.166. The molecule has 0 saturated heterocycles. The molecule has 3 aromatic rings. The van der Waals surface area contributed by atoms with Crippen molar-refractivity contribution < 1.29 is 4.39 Å². The second-order valence-electron chi connectivity index (χ2n) is 5.14. The van der Waals surface area contributed by atoms with Crippen LogP contribution in [0.15, 0.2) is 47.2 Å². The van der Waals surface area contributed by atoms with Crippen LogP contribution in [-0.2, 0) is 13.0 Å². The van der Waals surface area contributed by atoms with Crippen molar-refractivity contribution in [3.05, 3.63) is 74.1 Å². The van der Waals surface area contributed by atoms with Crippen LogP contribution in [0.2, 0.25) is 0 Å². The first-order valence-corrected chi connectivity index (χ1v) is 8.89. The van der Waals surface area contributed by atoms with Crippen LogP contribution >= 0.6 is 22.7 Å². The zero-order valence-corrected chi connectivity index (χ0v) is 13.9. The van der Waals surface area contributed by atoms with Crippen LogP contribution in [-0.4, -0.2) is 4.98 Å². The van der Waals surface area contributed by atoms with Gasteiger partial charge in [0.15, 0.2) is 0 Å². The molecule has 114 valence electrons. The molecule has 1 aromatic carbocycles. The van der Waals surface area contributed by atoms with Crippen molar-refractivity contribution in [1.29, 1.82) is 0 Å². The Hall–Kier alpha value is -1.56. The van der Waals surface area contributed by atoms with Crippen molar-refractivity contribution in [2.45, 2.75) is 25.9 Å². The van der Waals surface area contributed by atoms with Crippen molar-refractivity contribution in [3.63, 3.8) is 0 Å². The minimum Gasteiger partial charge on any atom is -0.303 e. The average molecular weight is 332 g/mol. The number of halogens is 1. The first kappa shape index (κ1) is 15.3. The standard InChI is InChI=1S/C17H17FN2S2/c1-12-11-22-17(20-12)16(9-14-6-4-8-21-14)19-10-13-5-2-3-7-15(13)18/h2-8,11,16,19H,9-10H2,1H3/t16-/m0/s1. The van der Waals surface area contributed by atoms with Gasteiger partial charge in [-0.05, 0) is 24.4 Å². The molecule has 5 heteroatoms. The molecule has 1 atom stereocenters. The predicted octanol–water partition coefficient (Wildman–Crippen LogP) is 4.73. The van der Waals surface area contributed by atoms with Gasteiger partial charge in [-0.2, -0.15) is 0 Å². The van der Waals surface area contributed by atoms with Gasteiger partial charge in [0.2, 0.25) is 0 Å². The summed E-state index contributed by atoms with van der Waals surface area (Å²) in [4.78, 5) is 5.90. The summed E-state index contributed by atoms with van der Waals surface area (Å²) in [5, 5.41) is 8.65. The zero-order valence-electron chi connectivity index (χ0n) is 12.3. The third-order valence-corrected chi connectivity index (χ3v) is 5.39. The maximum Gasteiger partial charge on any atom is 0.127 e. The maximum absolute atomic E-state index is 13.8. The van der Waals surface area contributed by atoms with E-state index >= 15 is 0 Å². The Kier molecular flexibility index (Phi) is 4.97. The van der Waals surface area contributed by atoms with Crippen LogP contribution < -0.4 is 5.32 Å². The molecule has 0 saturated carbocycles. The summed E-state index contributed by atoms with van der Waals surface area (Å²) < 4.78 is 13.8. The molecular weight excluding hydrogens is 315 g/mol. The Morgan fingerprint density at radius 1 is 1.18 bits per heavy atom. The Balaban J connectivity index is 1.75. The zero-order chi connectivity index (χ0) is 15.4. The fourth-order valence-electron chi connectivity index (χ4n) is 2.28. The van der Waals surface area contributed by atoms with E-state index in [-0.39, 0.29) is 11.9 Å². The molecule has 1 N–H and O–H groups in total. The van der Waals surface area contributed by atoms with Gasteiger partial charge in [0.1, 0.15) is 10.8 Å². The molecule has 0 aliphatic rings. The number of thiophene rings is 1. The van der Waals surface area contributed by atoms with E-state index in [4.69, 9.17) is 0 Å². The summed E-state index contributed by atoms with van der Waals surface area (Å²) in [5.74, 6) is -0.166. The van der Waals surface area contributed by atoms with Crippen molar-refractivity contribution in [3.8, 4) is 0 Å². The number of aromatic nitrogens is 1. The minimum absolute atomic E-state index is 0.108. The summed E-state index contributed by atoms with van der Waals surface area (Å²) in [6.07, 6.45) is 0.874. The van der Waals surface area contributed by atoms with Gasteiger partial charge in [-0.3, -0.25) is 0 Å². The lowest BCUT2D eigenvalue weighted by Gasteiger charge is -2.16. The van der Waals surface area contributed by atoms with E-state index in [0.717, 1.165) is 17.1 Å². The molecule has 2 aromatic heterocycles. The molecule has 0 unspecified atom stereocenters. The first-order valence-electron chi connectivity index (χ1n) is 7.13. The molecular formula is C17H17FN2S2. The molecule has 0 fully saturated rings. The summed E-state index contributed by atoms with van der Waals surface area (Å²) in [6.45, 7) is 2.50. The van der Waals surface area contributed by atoms with E-state index in [1.54, 1.807) is 28.7 Å². The molecule has 0 radical (unpaired) electrons. The third kappa shape index (κ3) is 3.80. The summed E-state index contributed by atoms with van der Waals surface area (Å²) in [7, 11) is 0. The molecule has 0 amide bonds. The Bertz CT molecular complexity index is 722. The molecule has 0 spiro atoms.